The van der Waals surface area contributed by atoms with Crippen LogP contribution in [-0.4, -0.2) is 57.2 Å². The summed E-state index contributed by atoms with van der Waals surface area (Å²) in [5.74, 6) is 0.505. The zero-order chi connectivity index (χ0) is 22.0. The van der Waals surface area contributed by atoms with Crippen LogP contribution in [0.25, 0.3) is 0 Å². The maximum atomic E-state index is 12.8. The molecule has 0 unspecified atom stereocenters. The average Bonchev–Trinajstić information content (AvgIpc) is 3.32. The fraction of sp³-hybridized carbons (Fsp3) is 0.650. The molecule has 1 saturated heterocycles. The fourth-order valence-electron chi connectivity index (χ4n) is 4.27. The normalized spacial score (nSPS) is 17.5. The van der Waals surface area contributed by atoms with Gasteiger partial charge in [-0.25, -0.2) is 17.9 Å². The van der Waals surface area contributed by atoms with Gasteiger partial charge in [-0.3, -0.25) is 9.36 Å². The number of hydrogen-bond acceptors (Lipinski definition) is 5. The van der Waals surface area contributed by atoms with E-state index in [0.717, 1.165) is 50.9 Å². The molecule has 2 aliphatic heterocycles. The van der Waals surface area contributed by atoms with Gasteiger partial charge < -0.3 is 9.88 Å². The maximum absolute atomic E-state index is 12.8. The second kappa shape index (κ2) is 8.99. The van der Waals surface area contributed by atoms with Gasteiger partial charge >= 0.3 is 5.69 Å². The van der Waals surface area contributed by atoms with E-state index >= 15 is 0 Å². The number of aryl methyl sites for hydroxylation is 3. The smallest absolute Gasteiger partial charge is 0.345 e. The van der Waals surface area contributed by atoms with Crippen molar-refractivity contribution in [3.8, 4) is 0 Å². The summed E-state index contributed by atoms with van der Waals surface area (Å²) in [5, 5.41) is 7.21. The molecule has 2 aromatic rings. The van der Waals surface area contributed by atoms with Crippen LogP contribution >= 0.6 is 0 Å². The predicted octanol–water partition coefficient (Wildman–Crippen LogP) is 0.714. The number of nitrogens with one attached hydrogen (secondary N) is 1. The minimum Gasteiger partial charge on any atom is -0.351 e. The minimum atomic E-state index is -3.58. The number of hydrogen-bond donors (Lipinski definition) is 1. The highest BCUT2D eigenvalue weighted by Gasteiger charge is 2.28. The summed E-state index contributed by atoms with van der Waals surface area (Å²) in [6.07, 6.45) is 7.71. The van der Waals surface area contributed by atoms with Crippen LogP contribution in [0.2, 0.25) is 0 Å². The van der Waals surface area contributed by atoms with Crippen molar-refractivity contribution in [2.75, 3.05) is 19.6 Å². The Bertz CT molecular complexity index is 1110. The number of nitrogens with zero attached hydrogens (tertiary/aromatic N) is 5. The maximum Gasteiger partial charge on any atom is 0.345 e. The van der Waals surface area contributed by atoms with E-state index in [-0.39, 0.29) is 16.5 Å². The van der Waals surface area contributed by atoms with Gasteiger partial charge in [-0.05, 0) is 38.2 Å². The van der Waals surface area contributed by atoms with Gasteiger partial charge in [-0.15, -0.1) is 0 Å². The lowest BCUT2D eigenvalue weighted by Gasteiger charge is -2.25. The Morgan fingerprint density at radius 3 is 2.61 bits per heavy atom. The summed E-state index contributed by atoms with van der Waals surface area (Å²) in [6, 6.07) is 1.44. The van der Waals surface area contributed by atoms with Crippen LogP contribution < -0.4 is 11.0 Å². The zero-order valence-corrected chi connectivity index (χ0v) is 18.7. The molecular formula is C20H30N6O4S. The summed E-state index contributed by atoms with van der Waals surface area (Å²) < 4.78 is 31.9. The molecule has 11 heteroatoms. The highest BCUT2D eigenvalue weighted by Crippen LogP contribution is 2.22. The Labute approximate surface area is 181 Å². The van der Waals surface area contributed by atoms with Gasteiger partial charge in [-0.1, -0.05) is 6.42 Å². The van der Waals surface area contributed by atoms with Gasteiger partial charge in [0.25, 0.3) is 5.91 Å². The first-order chi connectivity index (χ1) is 14.9. The number of piperidine rings is 1. The molecule has 1 amide bonds. The number of sulfonamides is 1. The van der Waals surface area contributed by atoms with Crippen LogP contribution in [0.3, 0.4) is 0 Å². The standard InChI is InChI=1S/C20H30N6O4S/c1-23-15-16(31(29,30)24-10-4-2-5-11-24)14-17(23)19(27)21-9-7-13-26-20(28)25-12-6-3-8-18(25)22-26/h14-15H,2-13H2,1H3,(H,21,27). The van der Waals surface area contributed by atoms with Crippen molar-refractivity contribution < 1.29 is 13.2 Å². The van der Waals surface area contributed by atoms with E-state index in [1.54, 1.807) is 16.2 Å². The second-order valence-corrected chi connectivity index (χ2v) is 10.2. The van der Waals surface area contributed by atoms with Crippen molar-refractivity contribution in [1.82, 2.24) is 28.5 Å². The Balaban J connectivity index is 1.34. The van der Waals surface area contributed by atoms with E-state index in [0.29, 0.717) is 38.3 Å². The van der Waals surface area contributed by atoms with Crippen molar-refractivity contribution in [2.24, 2.45) is 7.05 Å². The monoisotopic (exact) mass is 450 g/mol. The quantitative estimate of drug-likeness (QED) is 0.625. The van der Waals surface area contributed by atoms with E-state index in [1.807, 2.05) is 0 Å². The largest absolute Gasteiger partial charge is 0.351 e. The molecule has 0 aliphatic carbocycles. The molecular weight excluding hydrogens is 420 g/mol. The molecule has 0 bridgehead atoms. The van der Waals surface area contributed by atoms with Gasteiger partial charge in [0.05, 0.1) is 0 Å². The van der Waals surface area contributed by atoms with Crippen LogP contribution in [0.1, 0.15) is 54.8 Å². The molecule has 2 aliphatic rings. The topological polar surface area (TPSA) is 111 Å². The summed E-state index contributed by atoms with van der Waals surface area (Å²) in [4.78, 5) is 25.1. The van der Waals surface area contributed by atoms with Crippen molar-refractivity contribution >= 4 is 15.9 Å². The molecule has 31 heavy (non-hydrogen) atoms. The lowest BCUT2D eigenvalue weighted by molar-refractivity contribution is 0.0944. The first-order valence-corrected chi connectivity index (χ1v) is 12.4. The summed E-state index contributed by atoms with van der Waals surface area (Å²) >= 11 is 0. The van der Waals surface area contributed by atoms with Gasteiger partial charge in [0.2, 0.25) is 10.0 Å². The summed E-state index contributed by atoms with van der Waals surface area (Å²) in [7, 11) is -1.92. The Kier molecular flexibility index (Phi) is 6.33. The Morgan fingerprint density at radius 2 is 1.87 bits per heavy atom. The Hall–Kier alpha value is -2.40. The van der Waals surface area contributed by atoms with E-state index in [2.05, 4.69) is 10.4 Å². The number of carbonyl (C=O) groups excluding carboxylic acids is 1. The van der Waals surface area contributed by atoms with Gasteiger partial charge in [0.15, 0.2) is 0 Å². The average molecular weight is 451 g/mol. The fourth-order valence-corrected chi connectivity index (χ4v) is 5.86. The zero-order valence-electron chi connectivity index (χ0n) is 17.9. The van der Waals surface area contributed by atoms with Gasteiger partial charge in [-0.2, -0.15) is 9.40 Å². The van der Waals surface area contributed by atoms with Crippen LogP contribution in [0.4, 0.5) is 0 Å². The number of amides is 1. The molecule has 1 fully saturated rings. The molecule has 1 N–H and O–H groups in total. The van der Waals surface area contributed by atoms with Crippen LogP contribution in [0.5, 0.6) is 0 Å². The third-order valence-electron chi connectivity index (χ3n) is 6.03. The first kappa shape index (κ1) is 21.8. The van der Waals surface area contributed by atoms with Gasteiger partial charge in [0.1, 0.15) is 16.4 Å². The third-order valence-corrected chi connectivity index (χ3v) is 7.89. The van der Waals surface area contributed by atoms with Crippen LogP contribution in [-0.2, 0) is 36.6 Å². The van der Waals surface area contributed by atoms with Gasteiger partial charge in [0, 0.05) is 52.4 Å². The number of aromatic nitrogens is 4. The highest BCUT2D eigenvalue weighted by molar-refractivity contribution is 7.89. The molecule has 2 aromatic heterocycles. The molecule has 10 nitrogen and oxygen atoms in total. The lowest BCUT2D eigenvalue weighted by Crippen LogP contribution is -2.35. The molecule has 4 rings (SSSR count). The minimum absolute atomic E-state index is 0.0870. The summed E-state index contributed by atoms with van der Waals surface area (Å²) in [6.45, 7) is 2.57. The number of rotatable bonds is 7. The SMILES string of the molecule is Cn1cc(S(=O)(=O)N2CCCCC2)cc1C(=O)NCCCn1nc2n(c1=O)CCCC2. The van der Waals surface area contributed by atoms with Crippen molar-refractivity contribution in [3.63, 3.8) is 0 Å². The first-order valence-electron chi connectivity index (χ1n) is 11.0. The molecule has 0 aromatic carbocycles. The van der Waals surface area contributed by atoms with Crippen LogP contribution in [0.15, 0.2) is 22.0 Å². The Morgan fingerprint density at radius 1 is 1.13 bits per heavy atom. The number of carbonyl (C=O) groups is 1. The van der Waals surface area contributed by atoms with E-state index in [1.165, 1.54) is 21.3 Å². The highest BCUT2D eigenvalue weighted by atomic mass is 32.2. The predicted molar refractivity (Wildman–Crippen MR) is 114 cm³/mol. The van der Waals surface area contributed by atoms with Crippen LogP contribution in [0, 0.1) is 0 Å². The van der Waals surface area contributed by atoms with Crippen molar-refractivity contribution in [1.29, 1.82) is 0 Å². The lowest BCUT2D eigenvalue weighted by atomic mass is 10.2. The van der Waals surface area contributed by atoms with Crippen molar-refractivity contribution in [3.05, 3.63) is 34.3 Å². The van der Waals surface area contributed by atoms with E-state index < -0.39 is 10.0 Å². The molecule has 170 valence electrons. The third kappa shape index (κ3) is 4.47. The molecule has 0 saturated carbocycles. The summed E-state index contributed by atoms with van der Waals surface area (Å²) in [5.41, 5.74) is 0.209. The molecule has 0 spiro atoms. The molecule has 0 radical (unpaired) electrons. The molecule has 4 heterocycles. The molecule has 0 atom stereocenters. The van der Waals surface area contributed by atoms with Crippen molar-refractivity contribution in [2.45, 2.75) is 62.9 Å². The second-order valence-electron chi connectivity index (χ2n) is 8.28. The number of fused-ring (bicyclic) bond motifs is 1. The van der Waals surface area contributed by atoms with E-state index in [9.17, 15) is 18.0 Å². The van der Waals surface area contributed by atoms with E-state index in [4.69, 9.17) is 0 Å².